The van der Waals surface area contributed by atoms with Crippen LogP contribution < -0.4 is 0 Å². The fourth-order valence-electron chi connectivity index (χ4n) is 1.44. The summed E-state index contributed by atoms with van der Waals surface area (Å²) in [5.74, 6) is 2.28. The number of hydrogen-bond acceptors (Lipinski definition) is 3. The highest BCUT2D eigenvalue weighted by Gasteiger charge is 2.23. The molecule has 1 rings (SSSR count). The van der Waals surface area contributed by atoms with Crippen LogP contribution in [0.3, 0.4) is 0 Å². The molecule has 0 aromatic rings. The van der Waals surface area contributed by atoms with Crippen molar-refractivity contribution in [2.75, 3.05) is 24.6 Å². The number of nitrogens with zero attached hydrogens (tertiary/aromatic N) is 1. The molecule has 1 aliphatic rings. The number of hydrogen-bond donors (Lipinski definition) is 1. The van der Waals surface area contributed by atoms with Crippen molar-refractivity contribution < 1.29 is 0 Å². The lowest BCUT2D eigenvalue weighted by Gasteiger charge is -2.37. The average molecular weight is 191 g/mol. The molecule has 1 nitrogen and oxygen atoms in total. The summed E-state index contributed by atoms with van der Waals surface area (Å²) in [6.45, 7) is 7.03. The summed E-state index contributed by atoms with van der Waals surface area (Å²) in [5, 5.41) is 0.795. The van der Waals surface area contributed by atoms with Gasteiger partial charge in [0.05, 0.1) is 0 Å². The topological polar surface area (TPSA) is 3.24 Å². The van der Waals surface area contributed by atoms with Crippen molar-refractivity contribution in [1.82, 2.24) is 4.90 Å². The van der Waals surface area contributed by atoms with E-state index in [1.165, 1.54) is 12.3 Å². The minimum atomic E-state index is 0.737. The molecule has 2 unspecified atom stereocenters. The molecule has 0 spiro atoms. The Morgan fingerprint density at radius 3 is 2.91 bits per heavy atom. The van der Waals surface area contributed by atoms with Gasteiger partial charge in [0.1, 0.15) is 0 Å². The largest absolute Gasteiger partial charge is 0.298 e. The van der Waals surface area contributed by atoms with Crippen LogP contribution in [0, 0.1) is 0 Å². The Morgan fingerprint density at radius 2 is 2.27 bits per heavy atom. The van der Waals surface area contributed by atoms with Gasteiger partial charge in [-0.2, -0.15) is 24.4 Å². The zero-order valence-electron chi connectivity index (χ0n) is 7.29. The van der Waals surface area contributed by atoms with Crippen molar-refractivity contribution in [2.45, 2.75) is 25.1 Å². The van der Waals surface area contributed by atoms with E-state index in [0.717, 1.165) is 23.6 Å². The van der Waals surface area contributed by atoms with Crippen molar-refractivity contribution in [3.8, 4) is 0 Å². The van der Waals surface area contributed by atoms with Gasteiger partial charge in [-0.25, -0.2) is 0 Å². The Morgan fingerprint density at radius 1 is 1.55 bits per heavy atom. The molecule has 0 aromatic heterocycles. The minimum absolute atomic E-state index is 0.737. The molecule has 0 bridgehead atoms. The molecule has 3 heteroatoms. The van der Waals surface area contributed by atoms with Gasteiger partial charge in [-0.3, -0.25) is 4.90 Å². The quantitative estimate of drug-likeness (QED) is 0.662. The number of rotatable bonds is 2. The molecule has 11 heavy (non-hydrogen) atoms. The molecule has 0 aliphatic carbocycles. The van der Waals surface area contributed by atoms with Crippen LogP contribution in [0.2, 0.25) is 0 Å². The Labute approximate surface area is 79.3 Å². The smallest absolute Gasteiger partial charge is 0.0184 e. The molecule has 1 fully saturated rings. The second-order valence-corrected chi connectivity index (χ2v) is 5.01. The Kier molecular flexibility index (Phi) is 4.10. The number of thiol groups is 1. The van der Waals surface area contributed by atoms with E-state index < -0.39 is 0 Å². The van der Waals surface area contributed by atoms with Crippen LogP contribution in [-0.2, 0) is 0 Å². The van der Waals surface area contributed by atoms with Gasteiger partial charge in [0.25, 0.3) is 0 Å². The molecular weight excluding hydrogens is 174 g/mol. The normalized spacial score (nSPS) is 34.1. The molecule has 1 heterocycles. The van der Waals surface area contributed by atoms with Gasteiger partial charge in [0.15, 0.2) is 0 Å². The van der Waals surface area contributed by atoms with Gasteiger partial charge in [0, 0.05) is 35.9 Å². The first kappa shape index (κ1) is 9.75. The van der Waals surface area contributed by atoms with Gasteiger partial charge < -0.3 is 0 Å². The van der Waals surface area contributed by atoms with Crippen molar-refractivity contribution in [1.29, 1.82) is 0 Å². The molecule has 1 aliphatic heterocycles. The minimum Gasteiger partial charge on any atom is -0.298 e. The van der Waals surface area contributed by atoms with Gasteiger partial charge >= 0.3 is 0 Å². The highest BCUT2D eigenvalue weighted by molar-refractivity contribution is 8.00. The molecule has 0 amide bonds. The standard InChI is InChI=1S/C8H17NS2/c1-7-8(2)11-6-4-9(7)3-5-10/h7-8,10H,3-6H2,1-2H3. The second-order valence-electron chi connectivity index (χ2n) is 3.08. The average Bonchev–Trinajstić information content (AvgIpc) is 1.99. The van der Waals surface area contributed by atoms with E-state index in [4.69, 9.17) is 0 Å². The molecular formula is C8H17NS2. The predicted octanol–water partition coefficient (Wildman–Crippen LogP) is 1.74. The fourth-order valence-corrected chi connectivity index (χ4v) is 2.86. The summed E-state index contributed by atoms with van der Waals surface area (Å²) in [7, 11) is 0. The van der Waals surface area contributed by atoms with E-state index in [2.05, 4.69) is 43.1 Å². The zero-order chi connectivity index (χ0) is 8.27. The first-order valence-corrected chi connectivity index (χ1v) is 5.90. The lowest BCUT2D eigenvalue weighted by Crippen LogP contribution is -2.45. The number of thioether (sulfide) groups is 1. The Balaban J connectivity index is 2.38. The molecule has 66 valence electrons. The summed E-state index contributed by atoms with van der Waals surface area (Å²) in [6.07, 6.45) is 0. The molecule has 0 radical (unpaired) electrons. The maximum absolute atomic E-state index is 4.25. The van der Waals surface area contributed by atoms with Crippen LogP contribution in [0.4, 0.5) is 0 Å². The van der Waals surface area contributed by atoms with E-state index in [-0.39, 0.29) is 0 Å². The van der Waals surface area contributed by atoms with Crippen molar-refractivity contribution in [3.05, 3.63) is 0 Å². The van der Waals surface area contributed by atoms with Crippen molar-refractivity contribution in [3.63, 3.8) is 0 Å². The zero-order valence-corrected chi connectivity index (χ0v) is 9.00. The summed E-state index contributed by atoms with van der Waals surface area (Å²) in [4.78, 5) is 2.54. The third-order valence-electron chi connectivity index (χ3n) is 2.40. The van der Waals surface area contributed by atoms with Crippen molar-refractivity contribution >= 4 is 24.4 Å². The Bertz CT molecular complexity index is 117. The monoisotopic (exact) mass is 191 g/mol. The molecule has 0 saturated carbocycles. The first-order chi connectivity index (χ1) is 5.25. The molecule has 1 saturated heterocycles. The van der Waals surface area contributed by atoms with Gasteiger partial charge in [-0.05, 0) is 6.92 Å². The molecule has 0 aromatic carbocycles. The molecule has 2 atom stereocenters. The van der Waals surface area contributed by atoms with Crippen LogP contribution in [0.5, 0.6) is 0 Å². The van der Waals surface area contributed by atoms with E-state index in [9.17, 15) is 0 Å². The fraction of sp³-hybridized carbons (Fsp3) is 1.00. The summed E-state index contributed by atoms with van der Waals surface area (Å²) in [5.41, 5.74) is 0. The highest BCUT2D eigenvalue weighted by Crippen LogP contribution is 2.23. The summed E-state index contributed by atoms with van der Waals surface area (Å²) in [6, 6.07) is 0.737. The van der Waals surface area contributed by atoms with E-state index in [0.29, 0.717) is 0 Å². The third-order valence-corrected chi connectivity index (χ3v) is 3.94. The van der Waals surface area contributed by atoms with Gasteiger partial charge in [-0.15, -0.1) is 0 Å². The van der Waals surface area contributed by atoms with E-state index in [1.54, 1.807) is 0 Å². The summed E-state index contributed by atoms with van der Waals surface area (Å²) >= 11 is 6.34. The predicted molar refractivity (Wildman–Crippen MR) is 56.8 cm³/mol. The van der Waals surface area contributed by atoms with Crippen LogP contribution >= 0.6 is 24.4 Å². The van der Waals surface area contributed by atoms with Crippen LogP contribution in [0.1, 0.15) is 13.8 Å². The maximum atomic E-state index is 4.25. The van der Waals surface area contributed by atoms with Crippen LogP contribution in [0.25, 0.3) is 0 Å². The SMILES string of the molecule is CC1SCCN(CCS)C1C. The summed E-state index contributed by atoms with van der Waals surface area (Å²) < 4.78 is 0. The lowest BCUT2D eigenvalue weighted by atomic mass is 10.2. The van der Waals surface area contributed by atoms with Crippen molar-refractivity contribution in [2.24, 2.45) is 0 Å². The second kappa shape index (κ2) is 4.63. The van der Waals surface area contributed by atoms with Gasteiger partial charge in [0.2, 0.25) is 0 Å². The first-order valence-electron chi connectivity index (χ1n) is 4.22. The lowest BCUT2D eigenvalue weighted by molar-refractivity contribution is 0.227. The maximum Gasteiger partial charge on any atom is 0.0184 e. The van der Waals surface area contributed by atoms with Crippen LogP contribution in [0.15, 0.2) is 0 Å². The highest BCUT2D eigenvalue weighted by atomic mass is 32.2. The van der Waals surface area contributed by atoms with Crippen LogP contribution in [-0.4, -0.2) is 40.8 Å². The van der Waals surface area contributed by atoms with E-state index >= 15 is 0 Å². The van der Waals surface area contributed by atoms with Gasteiger partial charge in [-0.1, -0.05) is 6.92 Å². The van der Waals surface area contributed by atoms with E-state index in [1.807, 2.05) is 0 Å². The Hall–Kier alpha value is 0.660. The molecule has 0 N–H and O–H groups in total. The third kappa shape index (κ3) is 2.56.